The van der Waals surface area contributed by atoms with E-state index in [1.165, 1.54) is 47.0 Å². The maximum atomic E-state index is 14.8. The molecule has 1 fully saturated rings. The van der Waals surface area contributed by atoms with Crippen molar-refractivity contribution in [3.05, 3.63) is 83.1 Å². The molecule has 0 spiro atoms. The van der Waals surface area contributed by atoms with E-state index in [0.29, 0.717) is 27.0 Å². The highest BCUT2D eigenvalue weighted by molar-refractivity contribution is 7.89. The van der Waals surface area contributed by atoms with Crippen LogP contribution in [0.2, 0.25) is 5.02 Å². The second kappa shape index (κ2) is 11.4. The third-order valence-corrected chi connectivity index (χ3v) is 7.95. The molecule has 0 radical (unpaired) electrons. The third kappa shape index (κ3) is 5.91. The number of carbonyl (C=O) groups excluding carboxylic acids is 2. The maximum absolute atomic E-state index is 14.8. The van der Waals surface area contributed by atoms with Crippen molar-refractivity contribution in [2.45, 2.75) is 17.4 Å². The predicted molar refractivity (Wildman–Crippen MR) is 130 cm³/mol. The molecule has 0 bridgehead atoms. The van der Waals surface area contributed by atoms with Gasteiger partial charge >= 0.3 is 0 Å². The molecule has 1 aromatic heterocycles. The maximum Gasteiger partial charge on any atom is 0.263 e. The van der Waals surface area contributed by atoms with E-state index in [9.17, 15) is 32.0 Å². The number of pyridine rings is 1. The van der Waals surface area contributed by atoms with Crippen molar-refractivity contribution in [1.82, 2.24) is 19.7 Å². The molecule has 1 atom stereocenters. The van der Waals surface area contributed by atoms with Crippen LogP contribution < -0.4 is 10.2 Å². The van der Waals surface area contributed by atoms with Crippen LogP contribution in [0.1, 0.15) is 5.56 Å². The fraction of sp³-hybridized carbons (Fsp3) is 0.208. The van der Waals surface area contributed by atoms with Gasteiger partial charge in [-0.3, -0.25) is 19.8 Å². The fourth-order valence-corrected chi connectivity index (χ4v) is 5.62. The average molecular weight is 567 g/mol. The molecule has 1 saturated heterocycles. The van der Waals surface area contributed by atoms with Crippen molar-refractivity contribution in [2.24, 2.45) is 0 Å². The topological polar surface area (TPSA) is 129 Å². The monoisotopic (exact) mass is 566 g/mol. The molecule has 1 aliphatic rings. The molecule has 4 rings (SSSR count). The second-order valence-electron chi connectivity index (χ2n) is 8.25. The number of nitrogens with one attached hydrogen (secondary N) is 1. The largest absolute Gasteiger partial charge is 0.451 e. The number of piperazine rings is 1. The summed E-state index contributed by atoms with van der Waals surface area (Å²) in [5.41, 5.74) is 2.05. The summed E-state index contributed by atoms with van der Waals surface area (Å²) in [4.78, 5) is 29.5. The van der Waals surface area contributed by atoms with Gasteiger partial charge in [0, 0.05) is 37.1 Å². The number of ether oxygens (including phenoxy) is 1. The van der Waals surface area contributed by atoms with Gasteiger partial charge in [-0.2, -0.15) is 4.31 Å². The summed E-state index contributed by atoms with van der Waals surface area (Å²) in [6.07, 6.45) is 3.01. The molecular formula is C24H21ClF2N4O6S. The molecule has 14 heteroatoms. The van der Waals surface area contributed by atoms with E-state index < -0.39 is 50.8 Å². The number of hydrogen-bond acceptors (Lipinski definition) is 7. The Kier molecular flexibility index (Phi) is 8.21. The molecule has 2 heterocycles. The van der Waals surface area contributed by atoms with Crippen LogP contribution in [-0.2, 0) is 26.0 Å². The van der Waals surface area contributed by atoms with Crippen LogP contribution in [0.3, 0.4) is 0 Å². The van der Waals surface area contributed by atoms with Crippen LogP contribution in [0.5, 0.6) is 11.5 Å². The van der Waals surface area contributed by atoms with Gasteiger partial charge in [0.25, 0.3) is 5.91 Å². The first-order chi connectivity index (χ1) is 18.1. The molecule has 0 aliphatic carbocycles. The van der Waals surface area contributed by atoms with Crippen LogP contribution in [0, 0.1) is 11.6 Å². The van der Waals surface area contributed by atoms with Crippen molar-refractivity contribution in [1.29, 1.82) is 0 Å². The quantitative estimate of drug-likeness (QED) is 0.332. The number of benzene rings is 2. The number of halogens is 3. The zero-order chi connectivity index (χ0) is 27.4. The summed E-state index contributed by atoms with van der Waals surface area (Å²) in [7, 11) is -4.65. The standard InChI is InChI=1S/C24H21ClF2N4O6S/c25-16-1-3-17(4-2-16)37-23-19(26)12-18(13-20(23)27)38(35,36)31-10-9-30(14-21(31)24(33)29-34)22(32)11-15-5-7-28-8-6-15/h1-8,12-13,21,34H,9-11,14H2,(H,29,33)/t21-/m0/s1. The zero-order valence-corrected chi connectivity index (χ0v) is 21.1. The van der Waals surface area contributed by atoms with Gasteiger partial charge in [-0.05, 0) is 54.1 Å². The Morgan fingerprint density at radius 1 is 1.08 bits per heavy atom. The lowest BCUT2D eigenvalue weighted by molar-refractivity contribution is -0.139. The lowest BCUT2D eigenvalue weighted by Crippen LogP contribution is -2.61. The van der Waals surface area contributed by atoms with Gasteiger partial charge in [0.05, 0.1) is 11.3 Å². The highest BCUT2D eigenvalue weighted by Crippen LogP contribution is 2.32. The molecule has 3 aromatic rings. The first-order valence-electron chi connectivity index (χ1n) is 11.1. The van der Waals surface area contributed by atoms with E-state index in [4.69, 9.17) is 16.3 Å². The van der Waals surface area contributed by atoms with E-state index in [2.05, 4.69) is 4.98 Å². The number of carbonyl (C=O) groups is 2. The Morgan fingerprint density at radius 3 is 2.32 bits per heavy atom. The summed E-state index contributed by atoms with van der Waals surface area (Å²) in [5.74, 6) is -4.86. The molecule has 2 aromatic carbocycles. The van der Waals surface area contributed by atoms with Crippen LogP contribution in [0.25, 0.3) is 0 Å². The molecule has 10 nitrogen and oxygen atoms in total. The Morgan fingerprint density at radius 2 is 1.71 bits per heavy atom. The zero-order valence-electron chi connectivity index (χ0n) is 19.6. The summed E-state index contributed by atoms with van der Waals surface area (Å²) in [6, 6.07) is 8.49. The first-order valence-corrected chi connectivity index (χ1v) is 13.0. The molecule has 2 amide bonds. The Balaban J connectivity index is 1.57. The van der Waals surface area contributed by atoms with Crippen molar-refractivity contribution in [2.75, 3.05) is 19.6 Å². The van der Waals surface area contributed by atoms with Gasteiger partial charge < -0.3 is 9.64 Å². The summed E-state index contributed by atoms with van der Waals surface area (Å²) < 4.78 is 62.3. The summed E-state index contributed by atoms with van der Waals surface area (Å²) in [6.45, 7) is -0.853. The summed E-state index contributed by atoms with van der Waals surface area (Å²) in [5, 5.41) is 9.58. The van der Waals surface area contributed by atoms with Crippen LogP contribution in [-0.4, -0.2) is 65.3 Å². The van der Waals surface area contributed by atoms with Crippen molar-refractivity contribution < 1.29 is 36.7 Å². The number of amides is 2. The van der Waals surface area contributed by atoms with Gasteiger partial charge in [-0.15, -0.1) is 0 Å². The Bertz CT molecular complexity index is 1420. The number of rotatable bonds is 7. The average Bonchev–Trinajstić information content (AvgIpc) is 2.91. The molecule has 200 valence electrons. The molecule has 2 N–H and O–H groups in total. The summed E-state index contributed by atoms with van der Waals surface area (Å²) >= 11 is 5.79. The molecule has 0 saturated carbocycles. The normalized spacial score (nSPS) is 16.2. The minimum absolute atomic E-state index is 0.0196. The SMILES string of the molecule is O=C(NO)[C@@H]1CN(C(=O)Cc2ccncc2)CCN1S(=O)(=O)c1cc(F)c(Oc2ccc(Cl)cc2)c(F)c1. The number of hydroxylamine groups is 1. The molecule has 1 aliphatic heterocycles. The van der Waals surface area contributed by atoms with Crippen molar-refractivity contribution in [3.8, 4) is 11.5 Å². The van der Waals surface area contributed by atoms with Gasteiger partial charge in [0.1, 0.15) is 11.8 Å². The highest BCUT2D eigenvalue weighted by atomic mass is 35.5. The van der Waals surface area contributed by atoms with Gasteiger partial charge in [-0.25, -0.2) is 22.7 Å². The Hall–Kier alpha value is -3.65. The van der Waals surface area contributed by atoms with Crippen molar-refractivity contribution >= 4 is 33.4 Å². The highest BCUT2D eigenvalue weighted by Gasteiger charge is 2.42. The van der Waals surface area contributed by atoms with Crippen LogP contribution in [0.15, 0.2) is 65.8 Å². The molecular weight excluding hydrogens is 546 g/mol. The smallest absolute Gasteiger partial charge is 0.263 e. The number of nitrogens with zero attached hydrogens (tertiary/aromatic N) is 3. The third-order valence-electron chi connectivity index (χ3n) is 5.81. The van der Waals surface area contributed by atoms with Gasteiger partial charge in [-0.1, -0.05) is 11.6 Å². The molecule has 38 heavy (non-hydrogen) atoms. The second-order valence-corrected chi connectivity index (χ2v) is 10.6. The van der Waals surface area contributed by atoms with Crippen molar-refractivity contribution in [3.63, 3.8) is 0 Å². The van der Waals surface area contributed by atoms with E-state index >= 15 is 0 Å². The number of aromatic nitrogens is 1. The van der Waals surface area contributed by atoms with Gasteiger partial charge in [0.2, 0.25) is 15.9 Å². The van der Waals surface area contributed by atoms with Gasteiger partial charge in [0.15, 0.2) is 17.4 Å². The Labute approximate surface area is 221 Å². The number of hydrogen-bond donors (Lipinski definition) is 2. The lowest BCUT2D eigenvalue weighted by Gasteiger charge is -2.39. The van der Waals surface area contributed by atoms with E-state index in [-0.39, 0.29) is 31.2 Å². The van der Waals surface area contributed by atoms with E-state index in [1.54, 1.807) is 12.1 Å². The lowest BCUT2D eigenvalue weighted by atomic mass is 10.1. The van der Waals surface area contributed by atoms with Crippen LogP contribution in [0.4, 0.5) is 8.78 Å². The minimum atomic E-state index is -4.65. The first kappa shape index (κ1) is 27.4. The molecule has 0 unspecified atom stereocenters. The number of sulfonamides is 1. The minimum Gasteiger partial charge on any atom is -0.451 e. The van der Waals surface area contributed by atoms with E-state index in [1.807, 2.05) is 0 Å². The van der Waals surface area contributed by atoms with Crippen LogP contribution >= 0.6 is 11.6 Å². The predicted octanol–water partition coefficient (Wildman–Crippen LogP) is 2.76. The fourth-order valence-electron chi connectivity index (χ4n) is 3.89. The van der Waals surface area contributed by atoms with E-state index in [0.717, 1.165) is 0 Å².